The van der Waals surface area contributed by atoms with E-state index < -0.39 is 0 Å². The molecule has 0 fully saturated rings. The number of aryl methyl sites for hydroxylation is 1. The first-order valence-electron chi connectivity index (χ1n) is 6.72. The molecule has 5 heteroatoms. The van der Waals surface area contributed by atoms with Crippen molar-refractivity contribution in [2.24, 2.45) is 0 Å². The molecule has 0 aliphatic heterocycles. The van der Waals surface area contributed by atoms with Crippen molar-refractivity contribution in [2.75, 3.05) is 6.54 Å². The van der Waals surface area contributed by atoms with Crippen LogP contribution >= 0.6 is 11.3 Å². The highest BCUT2D eigenvalue weighted by Gasteiger charge is 2.07. The van der Waals surface area contributed by atoms with Gasteiger partial charge in [0, 0.05) is 11.9 Å². The van der Waals surface area contributed by atoms with E-state index in [0.29, 0.717) is 12.2 Å². The molecule has 1 aromatic heterocycles. The number of hydrogen-bond acceptors (Lipinski definition) is 4. The van der Waals surface area contributed by atoms with Gasteiger partial charge in [-0.15, -0.1) is 11.3 Å². The first kappa shape index (κ1) is 14.9. The van der Waals surface area contributed by atoms with Crippen molar-refractivity contribution < 1.29 is 9.13 Å². The number of ether oxygens (including phenoxy) is 1. The molecule has 3 nitrogen and oxygen atoms in total. The summed E-state index contributed by atoms with van der Waals surface area (Å²) in [6.07, 6.45) is 1.11. The lowest BCUT2D eigenvalue weighted by Gasteiger charge is -2.06. The van der Waals surface area contributed by atoms with Gasteiger partial charge in [0.15, 0.2) is 11.6 Å². The highest BCUT2D eigenvalue weighted by atomic mass is 32.1. The fourth-order valence-corrected chi connectivity index (χ4v) is 2.50. The van der Waals surface area contributed by atoms with E-state index >= 15 is 0 Å². The summed E-state index contributed by atoms with van der Waals surface area (Å²) >= 11 is 1.60. The summed E-state index contributed by atoms with van der Waals surface area (Å²) in [6.45, 7) is 5.91. The maximum atomic E-state index is 13.8. The van der Waals surface area contributed by atoms with Crippen LogP contribution in [-0.2, 0) is 13.2 Å². The predicted molar refractivity (Wildman–Crippen MR) is 79.6 cm³/mol. The zero-order chi connectivity index (χ0) is 14.4. The molecule has 0 unspecified atom stereocenters. The molecule has 20 heavy (non-hydrogen) atoms. The lowest BCUT2D eigenvalue weighted by atomic mass is 10.2. The lowest BCUT2D eigenvalue weighted by molar-refractivity contribution is 0.285. The number of rotatable bonds is 7. The third-order valence-corrected chi connectivity index (χ3v) is 3.73. The fraction of sp³-hybridized carbons (Fsp3) is 0.400. The summed E-state index contributed by atoms with van der Waals surface area (Å²) in [5.41, 5.74) is 1.43. The monoisotopic (exact) mass is 294 g/mol. The number of hydrogen-bond donors (Lipinski definition) is 1. The summed E-state index contributed by atoms with van der Waals surface area (Å²) in [5.74, 6) is -0.0174. The van der Waals surface area contributed by atoms with Gasteiger partial charge in [0.1, 0.15) is 11.6 Å². The van der Waals surface area contributed by atoms with Crippen molar-refractivity contribution in [1.29, 1.82) is 0 Å². The van der Waals surface area contributed by atoms with Crippen LogP contribution in [0.5, 0.6) is 5.75 Å². The van der Waals surface area contributed by atoms with Crippen LogP contribution in [0.4, 0.5) is 4.39 Å². The molecule has 108 valence electrons. The Labute approximate surface area is 122 Å². The summed E-state index contributed by atoms with van der Waals surface area (Å²) in [7, 11) is 0. The number of nitrogens with one attached hydrogen (secondary N) is 1. The van der Waals surface area contributed by atoms with Gasteiger partial charge in [-0.05, 0) is 31.5 Å². The van der Waals surface area contributed by atoms with Crippen LogP contribution in [0.25, 0.3) is 0 Å². The van der Waals surface area contributed by atoms with Crippen LogP contribution in [0, 0.1) is 12.7 Å². The van der Waals surface area contributed by atoms with Crippen LogP contribution in [0.15, 0.2) is 23.6 Å². The Hall–Kier alpha value is -1.46. The van der Waals surface area contributed by atoms with E-state index in [1.807, 2.05) is 5.38 Å². The highest BCUT2D eigenvalue weighted by Crippen LogP contribution is 2.21. The molecule has 0 spiro atoms. The van der Waals surface area contributed by atoms with Crippen molar-refractivity contribution in [2.45, 2.75) is 33.4 Å². The minimum absolute atomic E-state index is 0.281. The Kier molecular flexibility index (Phi) is 5.49. The molecule has 0 bridgehead atoms. The van der Waals surface area contributed by atoms with Crippen LogP contribution < -0.4 is 10.1 Å². The van der Waals surface area contributed by atoms with Gasteiger partial charge in [0.2, 0.25) is 0 Å². The van der Waals surface area contributed by atoms with Crippen molar-refractivity contribution in [3.63, 3.8) is 0 Å². The summed E-state index contributed by atoms with van der Waals surface area (Å²) in [5, 5.41) is 6.29. The molecule has 1 aromatic carbocycles. The molecule has 0 atom stereocenters. The molecular weight excluding hydrogens is 275 g/mol. The van der Waals surface area contributed by atoms with Crippen molar-refractivity contribution in [1.82, 2.24) is 10.3 Å². The van der Waals surface area contributed by atoms with E-state index in [1.54, 1.807) is 36.5 Å². The minimum atomic E-state index is -0.299. The van der Waals surface area contributed by atoms with Gasteiger partial charge in [-0.1, -0.05) is 19.1 Å². The zero-order valence-corrected chi connectivity index (χ0v) is 12.6. The second-order valence-electron chi connectivity index (χ2n) is 4.59. The average Bonchev–Trinajstić information content (AvgIpc) is 2.89. The molecule has 0 radical (unpaired) electrons. The summed E-state index contributed by atoms with van der Waals surface area (Å²) in [6, 6.07) is 5.15. The molecule has 0 aliphatic rings. The number of thiazole rings is 1. The van der Waals surface area contributed by atoms with Crippen LogP contribution in [0.2, 0.25) is 0 Å². The average molecular weight is 294 g/mol. The third kappa shape index (κ3) is 4.02. The second kappa shape index (κ2) is 7.36. The summed E-state index contributed by atoms with van der Waals surface area (Å²) in [4.78, 5) is 4.46. The van der Waals surface area contributed by atoms with E-state index in [4.69, 9.17) is 4.74 Å². The molecule has 0 amide bonds. The normalized spacial score (nSPS) is 10.8. The van der Waals surface area contributed by atoms with Crippen molar-refractivity contribution in [3.05, 3.63) is 45.7 Å². The minimum Gasteiger partial charge on any atom is -0.484 e. The van der Waals surface area contributed by atoms with Crippen LogP contribution in [0.1, 0.15) is 29.6 Å². The third-order valence-electron chi connectivity index (χ3n) is 2.83. The summed E-state index contributed by atoms with van der Waals surface area (Å²) < 4.78 is 19.3. The van der Waals surface area contributed by atoms with E-state index in [1.165, 1.54) is 0 Å². The van der Waals surface area contributed by atoms with Crippen LogP contribution in [-0.4, -0.2) is 11.5 Å². The van der Waals surface area contributed by atoms with E-state index in [2.05, 4.69) is 17.2 Å². The SMILES string of the molecule is CCCNCc1nc(COc2cccc(C)c2F)cs1. The topological polar surface area (TPSA) is 34.2 Å². The number of halogens is 1. The van der Waals surface area contributed by atoms with Gasteiger partial charge in [-0.2, -0.15) is 0 Å². The Morgan fingerprint density at radius 1 is 1.40 bits per heavy atom. The van der Waals surface area contributed by atoms with Gasteiger partial charge in [-0.3, -0.25) is 0 Å². The zero-order valence-electron chi connectivity index (χ0n) is 11.8. The maximum Gasteiger partial charge on any atom is 0.167 e. The van der Waals surface area contributed by atoms with E-state index in [0.717, 1.165) is 30.2 Å². The van der Waals surface area contributed by atoms with Gasteiger partial charge >= 0.3 is 0 Å². The van der Waals surface area contributed by atoms with Gasteiger partial charge in [0.25, 0.3) is 0 Å². The predicted octanol–water partition coefficient (Wildman–Crippen LogP) is 3.67. The first-order valence-corrected chi connectivity index (χ1v) is 7.60. The largest absolute Gasteiger partial charge is 0.484 e. The molecular formula is C15H19FN2OS. The van der Waals surface area contributed by atoms with Gasteiger partial charge in [-0.25, -0.2) is 9.37 Å². The van der Waals surface area contributed by atoms with Crippen molar-refractivity contribution in [3.8, 4) is 5.75 Å². The molecule has 2 rings (SSSR count). The quantitative estimate of drug-likeness (QED) is 0.791. The molecule has 1 heterocycles. The van der Waals surface area contributed by atoms with Crippen molar-refractivity contribution >= 4 is 11.3 Å². The lowest BCUT2D eigenvalue weighted by Crippen LogP contribution is -2.13. The molecule has 0 saturated heterocycles. The Morgan fingerprint density at radius 2 is 2.25 bits per heavy atom. The fourth-order valence-electron chi connectivity index (χ4n) is 1.75. The van der Waals surface area contributed by atoms with E-state index in [9.17, 15) is 4.39 Å². The van der Waals surface area contributed by atoms with Gasteiger partial charge in [0.05, 0.1) is 5.69 Å². The standard InChI is InChI=1S/C15H19FN2OS/c1-3-7-17-8-14-18-12(10-20-14)9-19-13-6-4-5-11(2)15(13)16/h4-6,10,17H,3,7-9H2,1-2H3. The number of benzene rings is 1. The molecule has 0 saturated carbocycles. The number of nitrogens with zero attached hydrogens (tertiary/aromatic N) is 1. The Balaban J connectivity index is 1.89. The molecule has 2 aromatic rings. The Bertz CT molecular complexity index is 557. The maximum absolute atomic E-state index is 13.8. The Morgan fingerprint density at radius 3 is 3.05 bits per heavy atom. The van der Waals surface area contributed by atoms with Crippen LogP contribution in [0.3, 0.4) is 0 Å². The van der Waals surface area contributed by atoms with Gasteiger partial charge < -0.3 is 10.1 Å². The number of aromatic nitrogens is 1. The highest BCUT2D eigenvalue weighted by molar-refractivity contribution is 7.09. The second-order valence-corrected chi connectivity index (χ2v) is 5.53. The molecule has 1 N–H and O–H groups in total. The first-order chi connectivity index (χ1) is 9.70. The smallest absolute Gasteiger partial charge is 0.167 e. The van der Waals surface area contributed by atoms with E-state index in [-0.39, 0.29) is 11.6 Å². The molecule has 0 aliphatic carbocycles.